The van der Waals surface area contributed by atoms with Crippen molar-refractivity contribution < 1.29 is 9.59 Å². The van der Waals surface area contributed by atoms with E-state index in [9.17, 15) is 9.59 Å². The Hall–Kier alpha value is -2.63. The van der Waals surface area contributed by atoms with Crippen LogP contribution in [-0.2, 0) is 4.79 Å². The number of aryl methyl sites for hydroxylation is 2. The van der Waals surface area contributed by atoms with Crippen LogP contribution in [0.1, 0.15) is 21.7 Å². The molecule has 0 bridgehead atoms. The van der Waals surface area contributed by atoms with Crippen LogP contribution in [0.5, 0.6) is 0 Å². The van der Waals surface area contributed by atoms with E-state index in [4.69, 9.17) is 0 Å². The summed E-state index contributed by atoms with van der Waals surface area (Å²) in [6.45, 7) is 5.16. The zero-order chi connectivity index (χ0) is 15.7. The van der Waals surface area contributed by atoms with E-state index in [1.165, 1.54) is 0 Å². The van der Waals surface area contributed by atoms with E-state index in [-0.39, 0.29) is 18.4 Å². The standard InChI is InChI=1S/C16H18N4O2/c1-11-3-4-12(2)20(11)14-6-5-13(9-18-14)16(22)19-8-7-17-15(21)10-19/h3-6,9H,7-8,10H2,1-2H3,(H,17,21). The Morgan fingerprint density at radius 3 is 2.50 bits per heavy atom. The van der Waals surface area contributed by atoms with Crippen molar-refractivity contribution in [2.75, 3.05) is 19.6 Å². The highest BCUT2D eigenvalue weighted by Crippen LogP contribution is 2.15. The Balaban J connectivity index is 1.82. The molecular formula is C16H18N4O2. The Kier molecular flexibility index (Phi) is 3.66. The first-order valence-electron chi connectivity index (χ1n) is 7.23. The summed E-state index contributed by atoms with van der Waals surface area (Å²) in [6, 6.07) is 7.65. The van der Waals surface area contributed by atoms with Crippen LogP contribution in [0.15, 0.2) is 30.5 Å². The molecule has 1 N–H and O–H groups in total. The van der Waals surface area contributed by atoms with Crippen molar-refractivity contribution in [3.8, 4) is 5.82 Å². The number of hydrogen-bond donors (Lipinski definition) is 1. The van der Waals surface area contributed by atoms with E-state index in [1.807, 2.05) is 36.6 Å². The largest absolute Gasteiger partial charge is 0.353 e. The minimum absolute atomic E-state index is 0.108. The van der Waals surface area contributed by atoms with Crippen LogP contribution in [0.3, 0.4) is 0 Å². The highest BCUT2D eigenvalue weighted by Gasteiger charge is 2.22. The number of nitrogens with one attached hydrogen (secondary N) is 1. The highest BCUT2D eigenvalue weighted by molar-refractivity contribution is 5.96. The topological polar surface area (TPSA) is 67.2 Å². The normalized spacial score (nSPS) is 14.8. The minimum Gasteiger partial charge on any atom is -0.353 e. The molecule has 2 aromatic rings. The van der Waals surface area contributed by atoms with Gasteiger partial charge in [-0.2, -0.15) is 0 Å². The summed E-state index contributed by atoms with van der Waals surface area (Å²) in [6.07, 6.45) is 1.57. The second-order valence-corrected chi connectivity index (χ2v) is 5.43. The predicted molar refractivity (Wildman–Crippen MR) is 82.0 cm³/mol. The van der Waals surface area contributed by atoms with Crippen LogP contribution in [0.2, 0.25) is 0 Å². The van der Waals surface area contributed by atoms with Crippen molar-refractivity contribution >= 4 is 11.8 Å². The molecule has 6 nitrogen and oxygen atoms in total. The summed E-state index contributed by atoms with van der Waals surface area (Å²) in [5.74, 6) is 0.505. The summed E-state index contributed by atoms with van der Waals surface area (Å²) in [4.78, 5) is 29.7. The van der Waals surface area contributed by atoms with Crippen molar-refractivity contribution in [1.29, 1.82) is 0 Å². The van der Waals surface area contributed by atoms with Crippen LogP contribution in [0, 0.1) is 13.8 Å². The SMILES string of the molecule is Cc1ccc(C)n1-c1ccc(C(=O)N2CCNC(=O)C2)cn1. The van der Waals surface area contributed by atoms with Gasteiger partial charge in [0.2, 0.25) is 5.91 Å². The highest BCUT2D eigenvalue weighted by atomic mass is 16.2. The van der Waals surface area contributed by atoms with Crippen molar-refractivity contribution in [3.05, 3.63) is 47.4 Å². The van der Waals surface area contributed by atoms with Crippen LogP contribution in [-0.4, -0.2) is 45.9 Å². The molecule has 0 spiro atoms. The maximum atomic E-state index is 12.4. The fourth-order valence-electron chi connectivity index (χ4n) is 2.67. The van der Waals surface area contributed by atoms with Gasteiger partial charge in [-0.3, -0.25) is 9.59 Å². The number of carbonyl (C=O) groups is 2. The summed E-state index contributed by atoms with van der Waals surface area (Å²) in [5.41, 5.74) is 2.69. The van der Waals surface area contributed by atoms with E-state index in [1.54, 1.807) is 17.2 Å². The van der Waals surface area contributed by atoms with E-state index < -0.39 is 0 Å². The molecule has 0 aromatic carbocycles. The van der Waals surface area contributed by atoms with Gasteiger partial charge in [-0.25, -0.2) is 4.98 Å². The molecule has 1 saturated heterocycles. The van der Waals surface area contributed by atoms with Gasteiger partial charge in [0.05, 0.1) is 12.1 Å². The second-order valence-electron chi connectivity index (χ2n) is 5.43. The van der Waals surface area contributed by atoms with Gasteiger partial charge < -0.3 is 14.8 Å². The third-order valence-corrected chi connectivity index (χ3v) is 3.82. The number of piperazine rings is 1. The molecule has 1 aliphatic rings. The average Bonchev–Trinajstić information content (AvgIpc) is 2.86. The third kappa shape index (κ3) is 2.59. The Morgan fingerprint density at radius 2 is 1.91 bits per heavy atom. The minimum atomic E-state index is -0.158. The molecule has 3 heterocycles. The van der Waals surface area contributed by atoms with E-state index in [0.29, 0.717) is 18.7 Å². The van der Waals surface area contributed by atoms with Crippen LogP contribution in [0.25, 0.3) is 5.82 Å². The monoisotopic (exact) mass is 298 g/mol. The van der Waals surface area contributed by atoms with Gasteiger partial charge >= 0.3 is 0 Å². The lowest BCUT2D eigenvalue weighted by molar-refractivity contribution is -0.123. The smallest absolute Gasteiger partial charge is 0.255 e. The van der Waals surface area contributed by atoms with Crippen molar-refractivity contribution in [2.24, 2.45) is 0 Å². The predicted octanol–water partition coefficient (Wildman–Crippen LogP) is 1.06. The Bertz CT molecular complexity index is 699. The van der Waals surface area contributed by atoms with Gasteiger partial charge in [-0.1, -0.05) is 0 Å². The molecule has 0 atom stereocenters. The Morgan fingerprint density at radius 1 is 1.18 bits per heavy atom. The summed E-state index contributed by atoms with van der Waals surface area (Å²) >= 11 is 0. The fourth-order valence-corrected chi connectivity index (χ4v) is 2.67. The van der Waals surface area contributed by atoms with Gasteiger partial charge in [-0.05, 0) is 38.1 Å². The van der Waals surface area contributed by atoms with E-state index in [0.717, 1.165) is 17.2 Å². The number of carbonyl (C=O) groups excluding carboxylic acids is 2. The third-order valence-electron chi connectivity index (χ3n) is 3.82. The number of aromatic nitrogens is 2. The molecule has 114 valence electrons. The molecule has 2 amide bonds. The Labute approximate surface area is 128 Å². The zero-order valence-corrected chi connectivity index (χ0v) is 12.7. The maximum absolute atomic E-state index is 12.4. The molecule has 2 aromatic heterocycles. The van der Waals surface area contributed by atoms with Gasteiger partial charge in [0, 0.05) is 30.7 Å². The van der Waals surface area contributed by atoms with Crippen LogP contribution < -0.4 is 5.32 Å². The lowest BCUT2D eigenvalue weighted by atomic mass is 10.2. The molecule has 0 radical (unpaired) electrons. The first-order valence-corrected chi connectivity index (χ1v) is 7.23. The zero-order valence-electron chi connectivity index (χ0n) is 12.7. The number of rotatable bonds is 2. The summed E-state index contributed by atoms with van der Waals surface area (Å²) < 4.78 is 2.03. The summed E-state index contributed by atoms with van der Waals surface area (Å²) in [5, 5.41) is 2.71. The molecule has 22 heavy (non-hydrogen) atoms. The van der Waals surface area contributed by atoms with Crippen LogP contribution in [0.4, 0.5) is 0 Å². The molecule has 0 unspecified atom stereocenters. The van der Waals surface area contributed by atoms with Gasteiger partial charge in [0.25, 0.3) is 5.91 Å². The molecule has 1 fully saturated rings. The maximum Gasteiger partial charge on any atom is 0.255 e. The lowest BCUT2D eigenvalue weighted by Crippen LogP contribution is -2.49. The van der Waals surface area contributed by atoms with Gasteiger partial charge in [0.15, 0.2) is 0 Å². The summed E-state index contributed by atoms with van der Waals surface area (Å²) in [7, 11) is 0. The lowest BCUT2D eigenvalue weighted by Gasteiger charge is -2.26. The number of nitrogens with zero attached hydrogens (tertiary/aromatic N) is 3. The number of amides is 2. The second kappa shape index (κ2) is 5.63. The molecule has 3 rings (SSSR count). The number of pyridine rings is 1. The molecular weight excluding hydrogens is 280 g/mol. The van der Waals surface area contributed by atoms with Crippen molar-refractivity contribution in [3.63, 3.8) is 0 Å². The average molecular weight is 298 g/mol. The first-order chi connectivity index (χ1) is 10.6. The molecule has 6 heteroatoms. The van der Waals surface area contributed by atoms with Crippen molar-refractivity contribution in [2.45, 2.75) is 13.8 Å². The van der Waals surface area contributed by atoms with Gasteiger partial charge in [0.1, 0.15) is 5.82 Å². The van der Waals surface area contributed by atoms with Gasteiger partial charge in [-0.15, -0.1) is 0 Å². The number of hydrogen-bond acceptors (Lipinski definition) is 3. The van der Waals surface area contributed by atoms with Crippen molar-refractivity contribution in [1.82, 2.24) is 19.8 Å². The van der Waals surface area contributed by atoms with Crippen LogP contribution >= 0.6 is 0 Å². The quantitative estimate of drug-likeness (QED) is 0.901. The molecule has 0 aliphatic carbocycles. The van der Waals surface area contributed by atoms with E-state index in [2.05, 4.69) is 10.3 Å². The molecule has 0 saturated carbocycles. The molecule has 1 aliphatic heterocycles. The fraction of sp³-hybridized carbons (Fsp3) is 0.312. The first kappa shape index (κ1) is 14.3. The van der Waals surface area contributed by atoms with E-state index >= 15 is 0 Å².